The SMILES string of the molecule is c1ccc2c(c1)-c1ccccc1C21c2ccccc2-c2ccc(-c3nc(-c4ccc(-c5ccc6c(c5)sc5ccccc56)cc4)nc(-c4ccc(-c5cccc6ccccc56)cc4)n3)cc21. The Morgan fingerprint density at radius 1 is 0.273 bits per heavy atom. The topological polar surface area (TPSA) is 38.7 Å². The molecule has 0 amide bonds. The zero-order valence-corrected chi connectivity index (χ0v) is 36.4. The second kappa shape index (κ2) is 14.3. The van der Waals surface area contributed by atoms with Crippen LogP contribution < -0.4 is 0 Å². The van der Waals surface area contributed by atoms with Crippen molar-refractivity contribution in [2.45, 2.75) is 5.41 Å². The number of rotatable bonds is 5. The minimum Gasteiger partial charge on any atom is -0.208 e. The van der Waals surface area contributed by atoms with E-state index < -0.39 is 5.41 Å². The highest BCUT2D eigenvalue weighted by Crippen LogP contribution is 2.63. The third-order valence-electron chi connectivity index (χ3n) is 14.0. The largest absolute Gasteiger partial charge is 0.208 e. The first-order valence-electron chi connectivity index (χ1n) is 22.5. The first kappa shape index (κ1) is 37.1. The van der Waals surface area contributed by atoms with Gasteiger partial charge in [0.15, 0.2) is 17.5 Å². The Morgan fingerprint density at radius 3 is 1.39 bits per heavy atom. The molecule has 306 valence electrons. The van der Waals surface area contributed by atoms with Crippen molar-refractivity contribution >= 4 is 42.3 Å². The molecular formula is C62H37N3S. The lowest BCUT2D eigenvalue weighted by Gasteiger charge is -2.30. The molecule has 0 radical (unpaired) electrons. The number of aromatic nitrogens is 3. The van der Waals surface area contributed by atoms with Gasteiger partial charge in [0.2, 0.25) is 0 Å². The van der Waals surface area contributed by atoms with E-state index in [1.54, 1.807) is 0 Å². The van der Waals surface area contributed by atoms with Crippen molar-refractivity contribution in [3.8, 4) is 78.7 Å². The van der Waals surface area contributed by atoms with Crippen molar-refractivity contribution in [1.29, 1.82) is 0 Å². The van der Waals surface area contributed by atoms with E-state index in [0.29, 0.717) is 17.5 Å². The van der Waals surface area contributed by atoms with Crippen molar-refractivity contribution < 1.29 is 0 Å². The molecule has 0 atom stereocenters. The summed E-state index contributed by atoms with van der Waals surface area (Å²) in [6, 6.07) is 81.5. The summed E-state index contributed by atoms with van der Waals surface area (Å²) in [6.45, 7) is 0. The molecule has 2 heterocycles. The van der Waals surface area contributed by atoms with E-state index in [1.165, 1.54) is 86.6 Å². The Bertz CT molecular complexity index is 3870. The number of thiophene rings is 1. The van der Waals surface area contributed by atoms with Gasteiger partial charge in [-0.15, -0.1) is 11.3 Å². The van der Waals surface area contributed by atoms with Gasteiger partial charge < -0.3 is 0 Å². The molecule has 0 saturated carbocycles. The summed E-state index contributed by atoms with van der Waals surface area (Å²) in [5.41, 5.74) is 17.3. The van der Waals surface area contributed by atoms with Gasteiger partial charge in [0.1, 0.15) is 0 Å². The molecule has 66 heavy (non-hydrogen) atoms. The second-order valence-electron chi connectivity index (χ2n) is 17.4. The molecule has 0 N–H and O–H groups in total. The van der Waals surface area contributed by atoms with E-state index in [-0.39, 0.29) is 0 Å². The van der Waals surface area contributed by atoms with Crippen LogP contribution in [0.2, 0.25) is 0 Å². The molecule has 0 aliphatic heterocycles. The number of benzene rings is 10. The fourth-order valence-corrected chi connectivity index (χ4v) is 12.1. The molecule has 2 aromatic heterocycles. The fourth-order valence-electron chi connectivity index (χ4n) is 11.0. The third-order valence-corrected chi connectivity index (χ3v) is 15.1. The van der Waals surface area contributed by atoms with Crippen molar-refractivity contribution in [3.05, 3.63) is 247 Å². The summed E-state index contributed by atoms with van der Waals surface area (Å²) in [5, 5.41) is 5.06. The van der Waals surface area contributed by atoms with Gasteiger partial charge in [-0.2, -0.15) is 0 Å². The lowest BCUT2D eigenvalue weighted by molar-refractivity contribution is 0.794. The molecule has 2 aliphatic rings. The maximum Gasteiger partial charge on any atom is 0.164 e. The summed E-state index contributed by atoms with van der Waals surface area (Å²) in [5.74, 6) is 1.91. The lowest BCUT2D eigenvalue weighted by atomic mass is 9.70. The smallest absolute Gasteiger partial charge is 0.164 e. The molecule has 3 nitrogen and oxygen atoms in total. The molecule has 0 saturated heterocycles. The van der Waals surface area contributed by atoms with Crippen LogP contribution in [0, 0.1) is 0 Å². The molecule has 10 aromatic carbocycles. The van der Waals surface area contributed by atoms with Gasteiger partial charge in [0, 0.05) is 36.9 Å². The van der Waals surface area contributed by atoms with E-state index in [4.69, 9.17) is 15.0 Å². The lowest BCUT2D eigenvalue weighted by Crippen LogP contribution is -2.25. The van der Waals surface area contributed by atoms with Crippen LogP contribution >= 0.6 is 11.3 Å². The van der Waals surface area contributed by atoms with Gasteiger partial charge in [0.05, 0.1) is 5.41 Å². The molecule has 1 spiro atoms. The Balaban J connectivity index is 0.921. The van der Waals surface area contributed by atoms with E-state index >= 15 is 0 Å². The zero-order chi connectivity index (χ0) is 43.3. The molecule has 4 heteroatoms. The van der Waals surface area contributed by atoms with Crippen LogP contribution in [0.5, 0.6) is 0 Å². The summed E-state index contributed by atoms with van der Waals surface area (Å²) in [6.07, 6.45) is 0. The predicted octanol–water partition coefficient (Wildman–Crippen LogP) is 16.1. The molecule has 2 aliphatic carbocycles. The standard InChI is InChI=1S/C62H37N3S/c1-2-14-45-39(12-1)13-11-19-46(45)40-26-30-42(31-27-40)60-63-59(41-28-24-38(25-29-41)43-32-35-52-51-18-6-10-23-57(51)66-58(52)37-43)64-61(65-60)44-33-34-50-49-17-5-9-22-55(49)62(56(50)36-44)53-20-7-3-15-47(53)48-16-4-8-21-54(48)62/h1-37H. The highest BCUT2D eigenvalue weighted by molar-refractivity contribution is 7.25. The normalized spacial score (nSPS) is 13.0. The summed E-state index contributed by atoms with van der Waals surface area (Å²) in [4.78, 5) is 15.9. The third kappa shape index (κ3) is 5.46. The maximum atomic E-state index is 5.32. The summed E-state index contributed by atoms with van der Waals surface area (Å²) >= 11 is 1.85. The molecule has 0 fully saturated rings. The zero-order valence-electron chi connectivity index (χ0n) is 35.6. The van der Waals surface area contributed by atoms with Gasteiger partial charge in [-0.05, 0) is 95.7 Å². The van der Waals surface area contributed by atoms with Crippen LogP contribution in [0.3, 0.4) is 0 Å². The Hall–Kier alpha value is -8.31. The predicted molar refractivity (Wildman–Crippen MR) is 274 cm³/mol. The van der Waals surface area contributed by atoms with E-state index in [9.17, 15) is 0 Å². The highest BCUT2D eigenvalue weighted by atomic mass is 32.1. The average molecular weight is 856 g/mol. The molecule has 0 unspecified atom stereocenters. The summed E-state index contributed by atoms with van der Waals surface area (Å²) in [7, 11) is 0. The van der Waals surface area contributed by atoms with Crippen LogP contribution in [0.25, 0.3) is 110 Å². The first-order chi connectivity index (χ1) is 32.7. The maximum absolute atomic E-state index is 5.32. The Kier molecular flexibility index (Phi) is 8.07. The average Bonchev–Trinajstić information content (AvgIpc) is 4.02. The quantitative estimate of drug-likeness (QED) is 0.173. The van der Waals surface area contributed by atoms with Crippen molar-refractivity contribution in [3.63, 3.8) is 0 Å². The number of hydrogen-bond acceptors (Lipinski definition) is 4. The van der Waals surface area contributed by atoms with Crippen LogP contribution in [-0.2, 0) is 5.41 Å². The van der Waals surface area contributed by atoms with E-state index in [1.807, 2.05) is 11.3 Å². The Morgan fingerprint density at radius 2 is 0.727 bits per heavy atom. The van der Waals surface area contributed by atoms with Gasteiger partial charge in [-0.3, -0.25) is 0 Å². The highest BCUT2D eigenvalue weighted by Gasteiger charge is 2.51. The van der Waals surface area contributed by atoms with Crippen LogP contribution in [0.1, 0.15) is 22.3 Å². The van der Waals surface area contributed by atoms with E-state index in [0.717, 1.165) is 27.8 Å². The monoisotopic (exact) mass is 855 g/mol. The van der Waals surface area contributed by atoms with Crippen molar-refractivity contribution in [2.24, 2.45) is 0 Å². The number of fused-ring (bicyclic) bond motifs is 14. The minimum atomic E-state index is -0.472. The van der Waals surface area contributed by atoms with Crippen LogP contribution in [0.15, 0.2) is 224 Å². The van der Waals surface area contributed by atoms with Crippen LogP contribution in [-0.4, -0.2) is 15.0 Å². The van der Waals surface area contributed by atoms with Gasteiger partial charge in [-0.25, -0.2) is 15.0 Å². The fraction of sp³-hybridized carbons (Fsp3) is 0.0161. The van der Waals surface area contributed by atoms with Crippen LogP contribution in [0.4, 0.5) is 0 Å². The molecule has 0 bridgehead atoms. The Labute approximate surface area is 386 Å². The number of nitrogens with zero attached hydrogens (tertiary/aromatic N) is 3. The second-order valence-corrected chi connectivity index (χ2v) is 18.5. The van der Waals surface area contributed by atoms with Crippen molar-refractivity contribution in [2.75, 3.05) is 0 Å². The molecule has 12 aromatic rings. The molecule has 14 rings (SSSR count). The molecular weight excluding hydrogens is 819 g/mol. The van der Waals surface area contributed by atoms with Gasteiger partial charge >= 0.3 is 0 Å². The van der Waals surface area contributed by atoms with Gasteiger partial charge in [0.25, 0.3) is 0 Å². The minimum absolute atomic E-state index is 0.472. The summed E-state index contributed by atoms with van der Waals surface area (Å²) < 4.78 is 2.60. The first-order valence-corrected chi connectivity index (χ1v) is 23.3. The van der Waals surface area contributed by atoms with Gasteiger partial charge in [-0.1, -0.05) is 206 Å². The number of hydrogen-bond donors (Lipinski definition) is 0. The van der Waals surface area contributed by atoms with Crippen molar-refractivity contribution in [1.82, 2.24) is 15.0 Å². The van der Waals surface area contributed by atoms with E-state index in [2.05, 4.69) is 224 Å².